The molecule has 5 nitrogen and oxygen atoms in total. The SMILES string of the molecule is C/C=C/c1ccc(Oc2c(C(=O)c3ccc(F)cc3C)sc3cc(O)ccc23)cc1.O=C=O. The highest BCUT2D eigenvalue weighted by molar-refractivity contribution is 7.21. The molecule has 0 radical (unpaired) electrons. The fourth-order valence-electron chi connectivity index (χ4n) is 3.27. The maximum atomic E-state index is 13.5. The summed E-state index contributed by atoms with van der Waals surface area (Å²) in [5.74, 6) is 0.517. The average molecular weight is 462 g/mol. The van der Waals surface area contributed by atoms with Gasteiger partial charge in [-0.25, -0.2) is 4.39 Å². The Kier molecular flexibility index (Phi) is 7.51. The molecule has 0 bridgehead atoms. The third-order valence-corrected chi connectivity index (χ3v) is 5.86. The Morgan fingerprint density at radius 1 is 1.06 bits per heavy atom. The van der Waals surface area contributed by atoms with E-state index in [0.29, 0.717) is 27.5 Å². The Hall–Kier alpha value is -4.06. The summed E-state index contributed by atoms with van der Waals surface area (Å²) in [5, 5.41) is 10.6. The van der Waals surface area contributed by atoms with E-state index in [9.17, 15) is 14.3 Å². The molecule has 0 saturated heterocycles. The lowest BCUT2D eigenvalue weighted by Gasteiger charge is -2.09. The molecule has 1 heterocycles. The molecule has 0 unspecified atom stereocenters. The van der Waals surface area contributed by atoms with Gasteiger partial charge in [0.1, 0.15) is 22.2 Å². The van der Waals surface area contributed by atoms with Crippen LogP contribution < -0.4 is 4.74 Å². The summed E-state index contributed by atoms with van der Waals surface area (Å²) in [7, 11) is 0. The van der Waals surface area contributed by atoms with E-state index in [2.05, 4.69) is 0 Å². The third kappa shape index (κ3) is 5.41. The maximum absolute atomic E-state index is 13.5. The highest BCUT2D eigenvalue weighted by atomic mass is 32.1. The first kappa shape index (κ1) is 23.6. The minimum absolute atomic E-state index is 0.114. The number of fused-ring (bicyclic) bond motifs is 1. The summed E-state index contributed by atoms with van der Waals surface area (Å²) >= 11 is 1.24. The van der Waals surface area contributed by atoms with Crippen LogP contribution in [0.1, 0.15) is 33.3 Å². The minimum atomic E-state index is -0.386. The van der Waals surface area contributed by atoms with Crippen molar-refractivity contribution in [1.29, 1.82) is 0 Å². The van der Waals surface area contributed by atoms with E-state index >= 15 is 0 Å². The van der Waals surface area contributed by atoms with Crippen molar-refractivity contribution in [2.45, 2.75) is 13.8 Å². The number of halogens is 1. The first-order valence-corrected chi connectivity index (χ1v) is 10.7. The van der Waals surface area contributed by atoms with Gasteiger partial charge in [0.25, 0.3) is 0 Å². The lowest BCUT2D eigenvalue weighted by atomic mass is 10.0. The van der Waals surface area contributed by atoms with E-state index in [1.165, 1.54) is 29.5 Å². The van der Waals surface area contributed by atoms with Crippen molar-refractivity contribution in [2.75, 3.05) is 0 Å². The van der Waals surface area contributed by atoms with E-state index in [1.54, 1.807) is 25.1 Å². The van der Waals surface area contributed by atoms with Crippen LogP contribution in [0.2, 0.25) is 0 Å². The summed E-state index contributed by atoms with van der Waals surface area (Å²) in [5.41, 5.74) is 2.02. The van der Waals surface area contributed by atoms with Crippen LogP contribution in [0.3, 0.4) is 0 Å². The highest BCUT2D eigenvalue weighted by Gasteiger charge is 2.23. The lowest BCUT2D eigenvalue weighted by molar-refractivity contribution is -0.191. The molecular weight excluding hydrogens is 443 g/mol. The van der Waals surface area contributed by atoms with E-state index in [-0.39, 0.29) is 23.5 Å². The largest absolute Gasteiger partial charge is 0.508 e. The van der Waals surface area contributed by atoms with Gasteiger partial charge in [0.2, 0.25) is 5.78 Å². The van der Waals surface area contributed by atoms with Gasteiger partial charge in [0, 0.05) is 15.6 Å². The Morgan fingerprint density at radius 3 is 2.39 bits per heavy atom. The number of allylic oxidation sites excluding steroid dienone is 1. The number of rotatable bonds is 5. The smallest absolute Gasteiger partial charge is 0.373 e. The summed E-state index contributed by atoms with van der Waals surface area (Å²) in [6.07, 6.45) is 4.19. The lowest BCUT2D eigenvalue weighted by Crippen LogP contribution is -2.03. The number of hydrogen-bond donors (Lipinski definition) is 1. The standard InChI is InChI=1S/C25H19FO3S.CO2/c1-3-4-16-5-9-19(10-6-16)29-24-21-12-8-18(27)14-22(21)30-25(24)23(28)20-11-7-17(26)13-15(20)2;2-1-3/h3-14,27H,1-2H3;/b4-3+;. The third-order valence-electron chi connectivity index (χ3n) is 4.73. The zero-order valence-electron chi connectivity index (χ0n) is 17.8. The van der Waals surface area contributed by atoms with Crippen molar-refractivity contribution in [3.8, 4) is 17.2 Å². The first-order valence-electron chi connectivity index (χ1n) is 9.84. The number of ether oxygens (including phenoxy) is 1. The van der Waals surface area contributed by atoms with Crippen molar-refractivity contribution in [3.63, 3.8) is 0 Å². The molecule has 4 aromatic rings. The van der Waals surface area contributed by atoms with Gasteiger partial charge >= 0.3 is 6.15 Å². The van der Waals surface area contributed by atoms with Gasteiger partial charge in [-0.15, -0.1) is 11.3 Å². The number of aryl methyl sites for hydroxylation is 1. The number of phenols is 1. The molecule has 0 aliphatic heterocycles. The van der Waals surface area contributed by atoms with Crippen LogP contribution in [0.5, 0.6) is 17.2 Å². The van der Waals surface area contributed by atoms with Crippen molar-refractivity contribution in [3.05, 3.63) is 94.1 Å². The van der Waals surface area contributed by atoms with E-state index in [1.807, 2.05) is 43.3 Å². The van der Waals surface area contributed by atoms with E-state index in [0.717, 1.165) is 15.6 Å². The Labute approximate surface area is 193 Å². The molecule has 33 heavy (non-hydrogen) atoms. The molecule has 4 rings (SSSR count). The summed E-state index contributed by atoms with van der Waals surface area (Å²) in [4.78, 5) is 30.0. The predicted octanol–water partition coefficient (Wildman–Crippen LogP) is 6.53. The predicted molar refractivity (Wildman–Crippen MR) is 124 cm³/mol. The minimum Gasteiger partial charge on any atom is -0.508 e. The molecular formula is C26H19FO5S. The number of aromatic hydroxyl groups is 1. The molecule has 0 fully saturated rings. The van der Waals surface area contributed by atoms with Crippen LogP contribution in [0.15, 0.2) is 66.7 Å². The van der Waals surface area contributed by atoms with Crippen LogP contribution in [0.25, 0.3) is 16.2 Å². The Balaban J connectivity index is 0.000000968. The summed E-state index contributed by atoms with van der Waals surface area (Å²) in [6, 6.07) is 16.6. The Morgan fingerprint density at radius 2 is 1.76 bits per heavy atom. The van der Waals surface area contributed by atoms with Gasteiger partial charge in [0.05, 0.1) is 0 Å². The number of ketones is 1. The Bertz CT molecular complexity index is 1360. The van der Waals surface area contributed by atoms with E-state index < -0.39 is 0 Å². The molecule has 7 heteroatoms. The second kappa shape index (κ2) is 10.5. The zero-order chi connectivity index (χ0) is 24.0. The number of benzene rings is 3. The number of carbonyl (C=O) groups is 1. The molecule has 1 N–H and O–H groups in total. The maximum Gasteiger partial charge on any atom is 0.373 e. The molecule has 0 aliphatic carbocycles. The van der Waals surface area contributed by atoms with Crippen molar-refractivity contribution in [1.82, 2.24) is 0 Å². The van der Waals surface area contributed by atoms with Crippen molar-refractivity contribution >= 4 is 39.4 Å². The summed E-state index contributed by atoms with van der Waals surface area (Å²) < 4.78 is 20.4. The van der Waals surface area contributed by atoms with Gasteiger partial charge in [-0.05, 0) is 73.5 Å². The van der Waals surface area contributed by atoms with Gasteiger partial charge in [-0.1, -0.05) is 24.3 Å². The first-order chi connectivity index (χ1) is 15.9. The van der Waals surface area contributed by atoms with Crippen LogP contribution in [0, 0.1) is 12.7 Å². The van der Waals surface area contributed by atoms with Crippen LogP contribution >= 0.6 is 11.3 Å². The van der Waals surface area contributed by atoms with Crippen LogP contribution in [-0.4, -0.2) is 17.0 Å². The van der Waals surface area contributed by atoms with Crippen LogP contribution in [-0.2, 0) is 9.59 Å². The fraction of sp³-hybridized carbons (Fsp3) is 0.0769. The molecule has 0 saturated carbocycles. The number of thiophene rings is 1. The topological polar surface area (TPSA) is 80.7 Å². The molecule has 166 valence electrons. The van der Waals surface area contributed by atoms with Gasteiger partial charge < -0.3 is 9.84 Å². The second-order valence-electron chi connectivity index (χ2n) is 6.98. The monoisotopic (exact) mass is 462 g/mol. The van der Waals surface area contributed by atoms with Crippen molar-refractivity contribution < 1.29 is 28.6 Å². The van der Waals surface area contributed by atoms with Gasteiger partial charge in [-0.3, -0.25) is 4.79 Å². The van der Waals surface area contributed by atoms with Crippen molar-refractivity contribution in [2.24, 2.45) is 0 Å². The molecule has 0 amide bonds. The number of carbonyl (C=O) groups excluding carboxylic acids is 3. The molecule has 0 spiro atoms. The zero-order valence-corrected chi connectivity index (χ0v) is 18.6. The van der Waals surface area contributed by atoms with E-state index in [4.69, 9.17) is 14.3 Å². The quantitative estimate of drug-likeness (QED) is 0.341. The number of phenolic OH excluding ortho intramolecular Hbond substituents is 1. The highest BCUT2D eigenvalue weighted by Crippen LogP contribution is 2.43. The van der Waals surface area contributed by atoms with Gasteiger partial charge in [0.15, 0.2) is 5.75 Å². The second-order valence-corrected chi connectivity index (χ2v) is 8.04. The average Bonchev–Trinajstić information content (AvgIpc) is 3.13. The molecule has 0 aliphatic rings. The fourth-order valence-corrected chi connectivity index (χ4v) is 4.39. The van der Waals surface area contributed by atoms with Crippen LogP contribution in [0.4, 0.5) is 4.39 Å². The summed E-state index contributed by atoms with van der Waals surface area (Å²) in [6.45, 7) is 3.66. The molecule has 0 atom stereocenters. The molecule has 1 aromatic heterocycles. The van der Waals surface area contributed by atoms with Gasteiger partial charge in [-0.2, -0.15) is 9.59 Å². The number of hydrogen-bond acceptors (Lipinski definition) is 6. The molecule has 3 aromatic carbocycles. The normalized spacial score (nSPS) is 10.5.